The maximum Gasteiger partial charge on any atom is 0.166 e. The first-order valence-electron chi connectivity index (χ1n) is 8.29. The summed E-state index contributed by atoms with van der Waals surface area (Å²) < 4.78 is 11.4. The summed E-state index contributed by atoms with van der Waals surface area (Å²) in [5.41, 5.74) is 1.85. The van der Waals surface area contributed by atoms with Crippen LogP contribution in [0.1, 0.15) is 22.3 Å². The van der Waals surface area contributed by atoms with E-state index in [1.807, 2.05) is 84.9 Å². The van der Waals surface area contributed by atoms with Gasteiger partial charge >= 0.3 is 0 Å². The molecule has 0 unspecified atom stereocenters. The van der Waals surface area contributed by atoms with E-state index in [1.54, 1.807) is 0 Å². The zero-order valence-corrected chi connectivity index (χ0v) is 13.9. The summed E-state index contributed by atoms with van der Waals surface area (Å²) in [6.07, 6.45) is 0.357. The predicted molar refractivity (Wildman–Crippen MR) is 98.1 cm³/mol. The molecule has 3 aromatic carbocycles. The molecule has 0 aliphatic carbocycles. The minimum Gasteiger partial charge on any atom is -0.493 e. The number of Topliss-reactive ketones (excluding diaryl/α,β-unsaturated/α-hetero) is 1. The molecule has 0 N–H and O–H groups in total. The van der Waals surface area contributed by atoms with Gasteiger partial charge in [0, 0.05) is 12.0 Å². The second-order valence-corrected chi connectivity index (χ2v) is 5.63. The SMILES string of the molecule is O=C(CCOc1ccc(OCc2ccccc2)cc1)c1ccccc1. The summed E-state index contributed by atoms with van der Waals surface area (Å²) in [6, 6.07) is 26.7. The van der Waals surface area contributed by atoms with Gasteiger partial charge in [0.2, 0.25) is 0 Å². The Morgan fingerprint density at radius 2 is 1.24 bits per heavy atom. The van der Waals surface area contributed by atoms with Gasteiger partial charge in [-0.25, -0.2) is 0 Å². The van der Waals surface area contributed by atoms with E-state index in [4.69, 9.17) is 9.47 Å². The number of benzene rings is 3. The molecule has 0 aromatic heterocycles. The van der Waals surface area contributed by atoms with Gasteiger partial charge in [-0.3, -0.25) is 4.79 Å². The highest BCUT2D eigenvalue weighted by molar-refractivity contribution is 5.96. The molecule has 126 valence electrons. The molecule has 0 radical (unpaired) electrons. The number of ketones is 1. The van der Waals surface area contributed by atoms with Crippen LogP contribution in [0.15, 0.2) is 84.9 Å². The lowest BCUT2D eigenvalue weighted by atomic mass is 10.1. The van der Waals surface area contributed by atoms with E-state index < -0.39 is 0 Å². The van der Waals surface area contributed by atoms with E-state index in [0.717, 1.165) is 22.6 Å². The first kappa shape index (κ1) is 16.8. The highest BCUT2D eigenvalue weighted by atomic mass is 16.5. The normalized spacial score (nSPS) is 10.2. The zero-order valence-electron chi connectivity index (χ0n) is 13.9. The van der Waals surface area contributed by atoms with Crippen molar-refractivity contribution in [2.45, 2.75) is 13.0 Å². The summed E-state index contributed by atoms with van der Waals surface area (Å²) in [7, 11) is 0. The predicted octanol–water partition coefficient (Wildman–Crippen LogP) is 4.92. The summed E-state index contributed by atoms with van der Waals surface area (Å²) in [4.78, 5) is 12.0. The minimum absolute atomic E-state index is 0.0865. The maximum atomic E-state index is 12.0. The second kappa shape index (κ2) is 8.69. The Balaban J connectivity index is 1.44. The Bertz CT molecular complexity index is 781. The van der Waals surface area contributed by atoms with Crippen LogP contribution in [0, 0.1) is 0 Å². The molecule has 0 fully saturated rings. The molecule has 0 aliphatic heterocycles. The Hall–Kier alpha value is -3.07. The van der Waals surface area contributed by atoms with Gasteiger partial charge in [0.25, 0.3) is 0 Å². The van der Waals surface area contributed by atoms with Gasteiger partial charge in [-0.1, -0.05) is 60.7 Å². The van der Waals surface area contributed by atoms with Crippen molar-refractivity contribution in [2.75, 3.05) is 6.61 Å². The Kier molecular flexibility index (Phi) is 5.83. The molecule has 0 saturated heterocycles. The van der Waals surface area contributed by atoms with Crippen LogP contribution in [-0.2, 0) is 6.61 Å². The maximum absolute atomic E-state index is 12.0. The van der Waals surface area contributed by atoms with Gasteiger partial charge in [-0.05, 0) is 29.8 Å². The van der Waals surface area contributed by atoms with E-state index in [-0.39, 0.29) is 5.78 Å². The van der Waals surface area contributed by atoms with Crippen molar-refractivity contribution in [1.29, 1.82) is 0 Å². The summed E-state index contributed by atoms with van der Waals surface area (Å²) in [5.74, 6) is 1.60. The van der Waals surface area contributed by atoms with Crippen LogP contribution < -0.4 is 9.47 Å². The molecule has 0 amide bonds. The van der Waals surface area contributed by atoms with Gasteiger partial charge in [0.15, 0.2) is 5.78 Å². The highest BCUT2D eigenvalue weighted by Crippen LogP contribution is 2.19. The largest absolute Gasteiger partial charge is 0.493 e. The quantitative estimate of drug-likeness (QED) is 0.549. The van der Waals surface area contributed by atoms with Crippen LogP contribution in [-0.4, -0.2) is 12.4 Å². The fourth-order valence-electron chi connectivity index (χ4n) is 2.40. The second-order valence-electron chi connectivity index (χ2n) is 5.63. The third kappa shape index (κ3) is 5.21. The van der Waals surface area contributed by atoms with Crippen molar-refractivity contribution in [3.05, 3.63) is 96.1 Å². The van der Waals surface area contributed by atoms with Crippen LogP contribution in [0.3, 0.4) is 0 Å². The van der Waals surface area contributed by atoms with Crippen molar-refractivity contribution in [2.24, 2.45) is 0 Å². The van der Waals surface area contributed by atoms with Crippen LogP contribution >= 0.6 is 0 Å². The number of ether oxygens (including phenoxy) is 2. The van der Waals surface area contributed by atoms with E-state index in [2.05, 4.69) is 0 Å². The zero-order chi connectivity index (χ0) is 17.3. The molecular formula is C22H20O3. The van der Waals surface area contributed by atoms with Crippen molar-refractivity contribution in [1.82, 2.24) is 0 Å². The highest BCUT2D eigenvalue weighted by Gasteiger charge is 2.05. The van der Waals surface area contributed by atoms with Crippen LogP contribution in [0.4, 0.5) is 0 Å². The molecule has 25 heavy (non-hydrogen) atoms. The first-order chi connectivity index (χ1) is 12.3. The van der Waals surface area contributed by atoms with Crippen LogP contribution in [0.25, 0.3) is 0 Å². The first-order valence-corrected chi connectivity index (χ1v) is 8.29. The standard InChI is InChI=1S/C22H20O3/c23-22(19-9-5-2-6-10-19)15-16-24-20-11-13-21(14-12-20)25-17-18-7-3-1-4-8-18/h1-14H,15-17H2. The van der Waals surface area contributed by atoms with E-state index >= 15 is 0 Å². The number of rotatable bonds is 8. The Morgan fingerprint density at radius 3 is 1.88 bits per heavy atom. The molecule has 3 heteroatoms. The summed E-state index contributed by atoms with van der Waals surface area (Å²) in [5, 5.41) is 0. The lowest BCUT2D eigenvalue weighted by Gasteiger charge is -2.09. The van der Waals surface area contributed by atoms with Gasteiger partial charge in [-0.2, -0.15) is 0 Å². The van der Waals surface area contributed by atoms with Crippen molar-refractivity contribution >= 4 is 5.78 Å². The Labute approximate surface area is 147 Å². The molecule has 0 aliphatic rings. The molecule has 3 nitrogen and oxygen atoms in total. The lowest BCUT2D eigenvalue weighted by Crippen LogP contribution is -2.06. The van der Waals surface area contributed by atoms with Crippen LogP contribution in [0.5, 0.6) is 11.5 Å². The topological polar surface area (TPSA) is 35.5 Å². The van der Waals surface area contributed by atoms with E-state index in [0.29, 0.717) is 19.6 Å². The minimum atomic E-state index is 0.0865. The number of hydrogen-bond acceptors (Lipinski definition) is 3. The lowest BCUT2D eigenvalue weighted by molar-refractivity contribution is 0.0962. The van der Waals surface area contributed by atoms with Crippen molar-refractivity contribution in [3.8, 4) is 11.5 Å². The van der Waals surface area contributed by atoms with Crippen molar-refractivity contribution in [3.63, 3.8) is 0 Å². The van der Waals surface area contributed by atoms with Gasteiger partial charge in [0.1, 0.15) is 18.1 Å². The summed E-state index contributed by atoms with van der Waals surface area (Å²) >= 11 is 0. The average Bonchev–Trinajstić information content (AvgIpc) is 2.69. The fraction of sp³-hybridized carbons (Fsp3) is 0.136. The molecule has 0 spiro atoms. The van der Waals surface area contributed by atoms with Gasteiger partial charge in [0.05, 0.1) is 6.61 Å². The molecule has 3 aromatic rings. The molecule has 0 heterocycles. The van der Waals surface area contributed by atoms with Crippen molar-refractivity contribution < 1.29 is 14.3 Å². The third-order valence-corrected chi connectivity index (χ3v) is 3.77. The van der Waals surface area contributed by atoms with Crippen LogP contribution in [0.2, 0.25) is 0 Å². The van der Waals surface area contributed by atoms with E-state index in [9.17, 15) is 4.79 Å². The molecular weight excluding hydrogens is 312 g/mol. The molecule has 3 rings (SSSR count). The number of carbonyl (C=O) groups is 1. The monoisotopic (exact) mass is 332 g/mol. The molecule has 0 saturated carbocycles. The average molecular weight is 332 g/mol. The van der Waals surface area contributed by atoms with Gasteiger partial charge in [-0.15, -0.1) is 0 Å². The third-order valence-electron chi connectivity index (χ3n) is 3.77. The van der Waals surface area contributed by atoms with E-state index in [1.165, 1.54) is 0 Å². The smallest absolute Gasteiger partial charge is 0.166 e. The molecule has 0 atom stereocenters. The fourth-order valence-corrected chi connectivity index (χ4v) is 2.40. The van der Waals surface area contributed by atoms with Gasteiger partial charge < -0.3 is 9.47 Å². The number of hydrogen-bond donors (Lipinski definition) is 0. The summed E-state index contributed by atoms with van der Waals surface area (Å²) in [6.45, 7) is 0.893. The number of carbonyl (C=O) groups excluding carboxylic acids is 1. The Morgan fingerprint density at radius 1 is 0.680 bits per heavy atom. The molecule has 0 bridgehead atoms.